The minimum Gasteiger partial charge on any atom is -0.458 e. The Balaban J connectivity index is 2.15. The topological polar surface area (TPSA) is 89.1 Å². The zero-order chi connectivity index (χ0) is 15.8. The van der Waals surface area contributed by atoms with Gasteiger partial charge in [-0.25, -0.2) is 13.2 Å². The van der Waals surface area contributed by atoms with Gasteiger partial charge in [0.2, 0.25) is 0 Å². The maximum absolute atomic E-state index is 12.2. The van der Waals surface area contributed by atoms with Crippen LogP contribution in [0.25, 0.3) is 0 Å². The summed E-state index contributed by atoms with van der Waals surface area (Å²) in [7, 11) is 1.30. The van der Waals surface area contributed by atoms with Crippen molar-refractivity contribution in [1.29, 1.82) is 0 Å². The van der Waals surface area contributed by atoms with Crippen LogP contribution < -0.4 is 0 Å². The van der Waals surface area contributed by atoms with E-state index in [9.17, 15) is 13.2 Å². The Kier molecular flexibility index (Phi) is 4.63. The van der Waals surface area contributed by atoms with Crippen LogP contribution >= 0.6 is 10.7 Å². The number of nitrogens with one attached hydrogen (secondary N) is 1. The van der Waals surface area contributed by atoms with Gasteiger partial charge in [0.05, 0.1) is 5.69 Å². The van der Waals surface area contributed by atoms with Crippen molar-refractivity contribution >= 4 is 25.7 Å². The minimum atomic E-state index is -4.05. The first-order valence-electron chi connectivity index (χ1n) is 6.90. The largest absolute Gasteiger partial charge is 0.458 e. The Labute approximate surface area is 128 Å². The van der Waals surface area contributed by atoms with Gasteiger partial charge in [0.1, 0.15) is 11.0 Å². The molecule has 21 heavy (non-hydrogen) atoms. The first-order valence-corrected chi connectivity index (χ1v) is 9.21. The Morgan fingerprint density at radius 1 is 1.33 bits per heavy atom. The second-order valence-corrected chi connectivity index (χ2v) is 8.26. The maximum atomic E-state index is 12.2. The number of carbonyl (C=O) groups excluding carboxylic acids is 1. The molecule has 0 bridgehead atoms. The molecule has 0 aromatic carbocycles. The Hall–Kier alpha value is -1.08. The van der Waals surface area contributed by atoms with E-state index in [0.29, 0.717) is 11.8 Å². The van der Waals surface area contributed by atoms with Gasteiger partial charge in [-0.1, -0.05) is 13.8 Å². The van der Waals surface area contributed by atoms with Crippen molar-refractivity contribution in [2.45, 2.75) is 51.0 Å². The van der Waals surface area contributed by atoms with E-state index in [1.165, 1.54) is 6.92 Å². The van der Waals surface area contributed by atoms with E-state index in [2.05, 4.69) is 24.0 Å². The van der Waals surface area contributed by atoms with Gasteiger partial charge in [-0.3, -0.25) is 5.10 Å². The summed E-state index contributed by atoms with van der Waals surface area (Å²) in [5.74, 6) is 0.324. The summed E-state index contributed by atoms with van der Waals surface area (Å²) in [6.07, 6.45) is 2.34. The fraction of sp³-hybridized carbons (Fsp3) is 0.692. The SMILES string of the molecule is Cc1[nH]nc(C(=O)OC2CCC(C)C(C)C2)c1S(=O)(=O)Cl. The molecule has 6 nitrogen and oxygen atoms in total. The van der Waals surface area contributed by atoms with Crippen LogP contribution in [0.4, 0.5) is 0 Å². The quantitative estimate of drug-likeness (QED) is 0.678. The molecule has 1 N–H and O–H groups in total. The summed E-state index contributed by atoms with van der Waals surface area (Å²) in [4.78, 5) is 11.9. The summed E-state index contributed by atoms with van der Waals surface area (Å²) in [6, 6.07) is 0. The number of rotatable bonds is 3. The number of nitrogens with zero attached hydrogens (tertiary/aromatic N) is 1. The summed E-state index contributed by atoms with van der Waals surface area (Å²) in [5, 5.41) is 6.18. The lowest BCUT2D eigenvalue weighted by atomic mass is 9.80. The predicted molar refractivity (Wildman–Crippen MR) is 77.7 cm³/mol. The first-order chi connectivity index (χ1) is 9.70. The van der Waals surface area contributed by atoms with Gasteiger partial charge < -0.3 is 4.74 Å². The van der Waals surface area contributed by atoms with Crippen molar-refractivity contribution in [2.24, 2.45) is 11.8 Å². The lowest BCUT2D eigenvalue weighted by Gasteiger charge is -2.31. The summed E-state index contributed by atoms with van der Waals surface area (Å²) < 4.78 is 28.5. The number of aromatic amines is 1. The molecular formula is C13H19ClN2O4S. The van der Waals surface area contributed by atoms with E-state index in [-0.39, 0.29) is 22.4 Å². The molecule has 2 rings (SSSR count). The third-order valence-corrected chi connectivity index (χ3v) is 5.60. The van der Waals surface area contributed by atoms with Crippen molar-refractivity contribution in [3.63, 3.8) is 0 Å². The van der Waals surface area contributed by atoms with Crippen molar-refractivity contribution in [1.82, 2.24) is 10.2 Å². The van der Waals surface area contributed by atoms with Crippen LogP contribution in [0.2, 0.25) is 0 Å². The molecular weight excluding hydrogens is 316 g/mol. The highest BCUT2D eigenvalue weighted by Gasteiger charge is 2.32. The van der Waals surface area contributed by atoms with Gasteiger partial charge in [0.15, 0.2) is 5.69 Å². The third-order valence-electron chi connectivity index (χ3n) is 4.15. The number of hydrogen-bond acceptors (Lipinski definition) is 5. The van der Waals surface area contributed by atoms with Crippen LogP contribution in [0, 0.1) is 18.8 Å². The van der Waals surface area contributed by atoms with Gasteiger partial charge in [-0.15, -0.1) is 0 Å². The van der Waals surface area contributed by atoms with Crippen LogP contribution in [0.5, 0.6) is 0 Å². The van der Waals surface area contributed by atoms with Crippen molar-refractivity contribution in [3.05, 3.63) is 11.4 Å². The number of aryl methyl sites for hydroxylation is 1. The Morgan fingerprint density at radius 3 is 2.57 bits per heavy atom. The zero-order valence-electron chi connectivity index (χ0n) is 12.2. The number of aromatic nitrogens is 2. The van der Waals surface area contributed by atoms with Crippen LogP contribution in [0.3, 0.4) is 0 Å². The molecule has 0 radical (unpaired) electrons. The molecule has 1 aromatic heterocycles. The fourth-order valence-corrected chi connectivity index (χ4v) is 4.01. The second-order valence-electron chi connectivity index (χ2n) is 5.76. The standard InChI is InChI=1S/C13H19ClN2O4S/c1-7-4-5-10(6-8(7)2)20-13(17)11-12(21(14,18)19)9(3)15-16-11/h7-8,10H,4-6H2,1-3H3,(H,15,16). The van der Waals surface area contributed by atoms with Crippen LogP contribution in [0.15, 0.2) is 4.90 Å². The molecule has 0 spiro atoms. The third kappa shape index (κ3) is 3.58. The molecule has 8 heteroatoms. The number of ether oxygens (including phenoxy) is 1. The summed E-state index contributed by atoms with van der Waals surface area (Å²) >= 11 is 0. The molecule has 1 heterocycles. The fourth-order valence-electron chi connectivity index (χ4n) is 2.67. The van der Waals surface area contributed by atoms with Crippen LogP contribution in [-0.4, -0.2) is 30.7 Å². The lowest BCUT2D eigenvalue weighted by Crippen LogP contribution is -2.29. The molecule has 0 amide bonds. The van der Waals surface area contributed by atoms with E-state index in [4.69, 9.17) is 15.4 Å². The monoisotopic (exact) mass is 334 g/mol. The summed E-state index contributed by atoms with van der Waals surface area (Å²) in [6.45, 7) is 5.79. The average Bonchev–Trinajstić information content (AvgIpc) is 2.76. The minimum absolute atomic E-state index is 0.202. The van der Waals surface area contributed by atoms with Crippen LogP contribution in [0.1, 0.15) is 49.3 Å². The summed E-state index contributed by atoms with van der Waals surface area (Å²) in [5.41, 5.74) is -0.0450. The molecule has 0 aliphatic heterocycles. The van der Waals surface area contributed by atoms with Crippen molar-refractivity contribution in [2.75, 3.05) is 0 Å². The van der Waals surface area contributed by atoms with E-state index in [1.807, 2.05) is 0 Å². The Bertz CT molecular complexity index is 641. The number of esters is 1. The van der Waals surface area contributed by atoms with E-state index >= 15 is 0 Å². The molecule has 1 saturated carbocycles. The van der Waals surface area contributed by atoms with Crippen molar-refractivity contribution < 1.29 is 17.9 Å². The van der Waals surface area contributed by atoms with Gasteiger partial charge in [-0.2, -0.15) is 5.10 Å². The number of hydrogen-bond donors (Lipinski definition) is 1. The van der Waals surface area contributed by atoms with Gasteiger partial charge in [0, 0.05) is 10.7 Å². The van der Waals surface area contributed by atoms with Crippen LogP contribution in [-0.2, 0) is 13.8 Å². The molecule has 0 saturated heterocycles. The number of halogens is 1. The highest BCUT2D eigenvalue weighted by atomic mass is 35.7. The van der Waals surface area contributed by atoms with Gasteiger partial charge in [-0.05, 0) is 38.0 Å². The molecule has 1 aliphatic carbocycles. The van der Waals surface area contributed by atoms with Crippen molar-refractivity contribution in [3.8, 4) is 0 Å². The zero-order valence-corrected chi connectivity index (χ0v) is 13.8. The second kappa shape index (κ2) is 5.96. The molecule has 3 atom stereocenters. The number of carbonyl (C=O) groups is 1. The van der Waals surface area contributed by atoms with E-state index in [1.54, 1.807) is 0 Å². The van der Waals surface area contributed by atoms with Gasteiger partial charge >= 0.3 is 5.97 Å². The maximum Gasteiger partial charge on any atom is 0.360 e. The molecule has 1 aromatic rings. The lowest BCUT2D eigenvalue weighted by molar-refractivity contribution is 0.00778. The van der Waals surface area contributed by atoms with Gasteiger partial charge in [0.25, 0.3) is 9.05 Å². The van der Waals surface area contributed by atoms with E-state index < -0.39 is 15.0 Å². The predicted octanol–water partition coefficient (Wildman–Crippen LogP) is 2.63. The highest BCUT2D eigenvalue weighted by molar-refractivity contribution is 8.13. The molecule has 1 fully saturated rings. The Morgan fingerprint density at radius 2 is 2.00 bits per heavy atom. The molecule has 3 unspecified atom stereocenters. The van der Waals surface area contributed by atoms with E-state index in [0.717, 1.165) is 19.3 Å². The highest BCUT2D eigenvalue weighted by Crippen LogP contribution is 2.32. The average molecular weight is 335 g/mol. The molecule has 1 aliphatic rings. The first kappa shape index (κ1) is 16.3. The smallest absolute Gasteiger partial charge is 0.360 e. The molecule has 118 valence electrons. The normalized spacial score (nSPS) is 26.6. The number of H-pyrrole nitrogens is 1.